The van der Waals surface area contributed by atoms with Crippen molar-refractivity contribution in [3.63, 3.8) is 0 Å². The topological polar surface area (TPSA) is 125 Å². The Morgan fingerprint density at radius 2 is 1.82 bits per heavy atom. The van der Waals surface area contributed by atoms with Crippen LogP contribution < -0.4 is 11.1 Å². The molecule has 0 heterocycles. The van der Waals surface area contributed by atoms with Crippen molar-refractivity contribution >= 4 is 5.96 Å². The molecule has 0 unspecified atom stereocenters. The molecular weight excluding hydrogens is 194 g/mol. The number of aliphatic imine (C=N–C) groups is 1. The molecule has 0 fully saturated rings. The average molecular weight is 205 g/mol. The van der Waals surface area contributed by atoms with Gasteiger partial charge in [-0.25, -0.2) is 0 Å². The van der Waals surface area contributed by atoms with Crippen molar-refractivity contribution in [2.24, 2.45) is 10.7 Å². The number of hydrogen-bond acceptors (Lipinski definition) is 3. The van der Waals surface area contributed by atoms with Gasteiger partial charge in [-0.3, -0.25) is 4.99 Å². The quantitative estimate of drug-likeness (QED) is 0.262. The number of guanidine groups is 1. The third-order valence-electron chi connectivity index (χ3n) is 0.497. The molecule has 0 spiro atoms. The molecule has 11 heavy (non-hydrogen) atoms. The molecule has 0 bridgehead atoms. The normalized spacial score (nSPS) is 11.5. The van der Waals surface area contributed by atoms with Crippen molar-refractivity contribution in [2.75, 3.05) is 14.1 Å². The van der Waals surface area contributed by atoms with Crippen LogP contribution >= 0.6 is 0 Å². The molecule has 0 aliphatic rings. The zero-order chi connectivity index (χ0) is 9.49. The molecule has 0 rings (SSSR count). The summed E-state index contributed by atoms with van der Waals surface area (Å²) in [5, 5.41) is 2.64. The van der Waals surface area contributed by atoms with Crippen molar-refractivity contribution in [1.29, 1.82) is 0 Å². The van der Waals surface area contributed by atoms with Crippen LogP contribution in [0, 0.1) is 0 Å². The van der Waals surface area contributed by atoms with E-state index in [1.807, 2.05) is 0 Å². The van der Waals surface area contributed by atoms with Crippen molar-refractivity contribution in [2.45, 2.75) is 0 Å². The van der Waals surface area contributed by atoms with E-state index in [0.717, 1.165) is 0 Å². The molecule has 68 valence electrons. The van der Waals surface area contributed by atoms with Crippen LogP contribution in [0.2, 0.25) is 0 Å². The van der Waals surface area contributed by atoms with Crippen molar-refractivity contribution in [3.05, 3.63) is 0 Å². The molecule has 0 aliphatic carbocycles. The third kappa shape index (κ3) is 45.3. The van der Waals surface area contributed by atoms with Gasteiger partial charge < -0.3 is 11.1 Å². The van der Waals surface area contributed by atoms with E-state index in [1.165, 1.54) is 0 Å². The standard InChI is InChI=1S/C3H9N3.Cr.2H2O.2O/c1-5-3(4)6-2;;;;;/h1-2H3,(H3,4,5,6);;2*1H2;;/q;+2;;;;/p-2. The average Bonchev–Trinajstić information content (AvgIpc) is 1.83. The molecule has 0 aromatic carbocycles. The first-order valence-electron chi connectivity index (χ1n) is 2.41. The summed E-state index contributed by atoms with van der Waals surface area (Å²) in [4.78, 5) is 3.59. The molecule has 8 heteroatoms. The fraction of sp³-hybridized carbons (Fsp3) is 0.667. The van der Waals surface area contributed by atoms with Gasteiger partial charge in [-0.15, -0.1) is 0 Å². The molecule has 0 radical (unpaired) electrons. The summed E-state index contributed by atoms with van der Waals surface area (Å²) in [6.45, 7) is 0. The SMILES string of the molecule is CN=C(N)NC.[O]=[Cr](=[O])([OH])[OH]. The molecule has 0 saturated carbocycles. The Bertz CT molecular complexity index is 201. The molecular formula is C3H11CrN3O4. The number of rotatable bonds is 0. The molecule has 0 aliphatic heterocycles. The predicted molar refractivity (Wildman–Crippen MR) is 32.4 cm³/mol. The molecule has 0 saturated heterocycles. The van der Waals surface area contributed by atoms with Gasteiger partial charge in [-0.2, -0.15) is 0 Å². The van der Waals surface area contributed by atoms with Gasteiger partial charge in [0.1, 0.15) is 0 Å². The van der Waals surface area contributed by atoms with Gasteiger partial charge in [0.15, 0.2) is 5.96 Å². The molecule has 0 aromatic heterocycles. The Labute approximate surface area is 66.3 Å². The first-order valence-corrected chi connectivity index (χ1v) is 4.59. The minimum atomic E-state index is -5.25. The monoisotopic (exact) mass is 205 g/mol. The van der Waals surface area contributed by atoms with Crippen LogP contribution in [0.25, 0.3) is 0 Å². The van der Waals surface area contributed by atoms with Crippen molar-refractivity contribution < 1.29 is 29.5 Å². The number of nitrogens with zero attached hydrogens (tertiary/aromatic N) is 1. The number of nitrogens with one attached hydrogen (secondary N) is 1. The second-order valence-corrected chi connectivity index (χ2v) is 2.71. The maximum absolute atomic E-state index is 8.82. The van der Waals surface area contributed by atoms with Crippen molar-refractivity contribution in [3.8, 4) is 0 Å². The van der Waals surface area contributed by atoms with Crippen molar-refractivity contribution in [1.82, 2.24) is 5.32 Å². The Hall–Kier alpha value is -0.678. The first kappa shape index (κ1) is 13.0. The summed E-state index contributed by atoms with van der Waals surface area (Å²) in [5.74, 6) is 0.468. The Kier molecular flexibility index (Phi) is 7.14. The Morgan fingerprint density at radius 1 is 1.55 bits per heavy atom. The van der Waals surface area contributed by atoms with Crippen LogP contribution in [0.15, 0.2) is 4.99 Å². The summed E-state index contributed by atoms with van der Waals surface area (Å²) in [7, 11) is 3.36. The van der Waals surface area contributed by atoms with E-state index in [1.54, 1.807) is 14.1 Å². The molecule has 0 atom stereocenters. The van der Waals surface area contributed by atoms with Crippen LogP contribution in [0.5, 0.6) is 0 Å². The fourth-order valence-electron chi connectivity index (χ4n) is 0.112. The van der Waals surface area contributed by atoms with Gasteiger partial charge >= 0.3 is 29.5 Å². The third-order valence-corrected chi connectivity index (χ3v) is 0.497. The van der Waals surface area contributed by atoms with Gasteiger partial charge in [0.25, 0.3) is 0 Å². The second kappa shape index (κ2) is 6.06. The van der Waals surface area contributed by atoms with Gasteiger partial charge in [0.05, 0.1) is 0 Å². The van der Waals surface area contributed by atoms with E-state index >= 15 is 0 Å². The summed E-state index contributed by atoms with van der Waals surface area (Å²) >= 11 is -5.25. The Balaban J connectivity index is 0. The van der Waals surface area contributed by atoms with Crippen LogP contribution in [-0.2, 0) is 21.2 Å². The second-order valence-electron chi connectivity index (χ2n) is 1.31. The molecule has 0 amide bonds. The molecule has 5 N–H and O–H groups in total. The van der Waals surface area contributed by atoms with Gasteiger partial charge in [-0.05, 0) is 0 Å². The first-order chi connectivity index (χ1) is 4.81. The van der Waals surface area contributed by atoms with E-state index in [2.05, 4.69) is 10.3 Å². The zero-order valence-corrected chi connectivity index (χ0v) is 7.42. The molecule has 0 aromatic rings. The minimum absolute atomic E-state index is 0.468. The van der Waals surface area contributed by atoms with E-state index in [4.69, 9.17) is 21.7 Å². The van der Waals surface area contributed by atoms with Gasteiger partial charge in [0.2, 0.25) is 0 Å². The summed E-state index contributed by atoms with van der Waals surface area (Å²) < 4.78 is 31.9. The van der Waals surface area contributed by atoms with E-state index in [9.17, 15) is 0 Å². The van der Waals surface area contributed by atoms with Gasteiger partial charge in [0, 0.05) is 14.1 Å². The van der Waals surface area contributed by atoms with E-state index < -0.39 is 13.6 Å². The van der Waals surface area contributed by atoms with E-state index in [-0.39, 0.29) is 0 Å². The Morgan fingerprint density at radius 3 is 1.82 bits per heavy atom. The van der Waals surface area contributed by atoms with Gasteiger partial charge in [-0.1, -0.05) is 0 Å². The van der Waals surface area contributed by atoms with E-state index in [0.29, 0.717) is 5.96 Å². The fourth-order valence-corrected chi connectivity index (χ4v) is 0.112. The summed E-state index contributed by atoms with van der Waals surface area (Å²) in [6.07, 6.45) is 0. The number of hydrogen-bond donors (Lipinski definition) is 4. The van der Waals surface area contributed by atoms with Crippen LogP contribution in [-0.4, -0.2) is 28.4 Å². The van der Waals surface area contributed by atoms with Crippen LogP contribution in [0.4, 0.5) is 0 Å². The maximum atomic E-state index is 8.82. The zero-order valence-electron chi connectivity index (χ0n) is 6.14. The van der Waals surface area contributed by atoms with Crippen LogP contribution in [0.1, 0.15) is 0 Å². The summed E-state index contributed by atoms with van der Waals surface area (Å²) in [5.41, 5.74) is 5.11. The van der Waals surface area contributed by atoms with Crippen LogP contribution in [0.3, 0.4) is 0 Å². The molecule has 7 nitrogen and oxygen atoms in total. The predicted octanol–water partition coefficient (Wildman–Crippen LogP) is -2.20. The summed E-state index contributed by atoms with van der Waals surface area (Å²) in [6, 6.07) is 0. The number of nitrogens with two attached hydrogens (primary N) is 1.